The molecule has 0 aromatic heterocycles. The van der Waals surface area contributed by atoms with Crippen molar-refractivity contribution in [2.24, 2.45) is 0 Å². The molecule has 0 atom stereocenters. The zero-order valence-electron chi connectivity index (χ0n) is 9.23. The van der Waals surface area contributed by atoms with Crippen LogP contribution in [-0.2, 0) is 9.53 Å². The van der Waals surface area contributed by atoms with E-state index in [1.165, 1.54) is 0 Å². The third-order valence-corrected chi connectivity index (χ3v) is 2.57. The molecule has 3 nitrogen and oxygen atoms in total. The number of anilines is 1. The van der Waals surface area contributed by atoms with Gasteiger partial charge in [0.25, 0.3) is 0 Å². The van der Waals surface area contributed by atoms with E-state index < -0.39 is 11.6 Å². The highest BCUT2D eigenvalue weighted by atomic mass is 79.9. The van der Waals surface area contributed by atoms with Gasteiger partial charge >= 0.3 is 5.97 Å². The summed E-state index contributed by atoms with van der Waals surface area (Å²) in [4.78, 5) is 11.0. The lowest BCUT2D eigenvalue weighted by Crippen LogP contribution is -2.12. The van der Waals surface area contributed by atoms with E-state index >= 15 is 0 Å². The Morgan fingerprint density at radius 3 is 2.76 bits per heavy atom. The summed E-state index contributed by atoms with van der Waals surface area (Å²) in [5.41, 5.74) is 0.135. The Hall–Kier alpha value is -1.17. The molecule has 0 fully saturated rings. The van der Waals surface area contributed by atoms with E-state index in [-0.39, 0.29) is 29.1 Å². The molecule has 17 heavy (non-hydrogen) atoms. The van der Waals surface area contributed by atoms with Crippen molar-refractivity contribution in [3.63, 3.8) is 0 Å². The van der Waals surface area contributed by atoms with Crippen molar-refractivity contribution in [2.45, 2.75) is 13.3 Å². The van der Waals surface area contributed by atoms with Gasteiger partial charge < -0.3 is 10.1 Å². The minimum Gasteiger partial charge on any atom is -0.466 e. The van der Waals surface area contributed by atoms with Gasteiger partial charge in [0.15, 0.2) is 0 Å². The van der Waals surface area contributed by atoms with Crippen LogP contribution in [0.4, 0.5) is 14.5 Å². The van der Waals surface area contributed by atoms with E-state index in [1.807, 2.05) is 0 Å². The molecular formula is C11H12BrF2NO2. The first kappa shape index (κ1) is 13.9. The summed E-state index contributed by atoms with van der Waals surface area (Å²) >= 11 is 3.04. The number of ether oxygens (including phenoxy) is 1. The Labute approximate surface area is 106 Å². The van der Waals surface area contributed by atoms with Gasteiger partial charge in [0.2, 0.25) is 0 Å². The quantitative estimate of drug-likeness (QED) is 0.850. The van der Waals surface area contributed by atoms with Crippen molar-refractivity contribution in [1.29, 1.82) is 0 Å². The minimum atomic E-state index is -0.708. The van der Waals surface area contributed by atoms with Gasteiger partial charge in [0, 0.05) is 17.1 Å². The highest BCUT2D eigenvalue weighted by Crippen LogP contribution is 2.26. The SMILES string of the molecule is CCOC(=O)CCNc1c(F)cc(F)cc1Br. The van der Waals surface area contributed by atoms with Crippen LogP contribution >= 0.6 is 15.9 Å². The van der Waals surface area contributed by atoms with E-state index in [0.29, 0.717) is 6.61 Å². The highest BCUT2D eigenvalue weighted by molar-refractivity contribution is 9.10. The minimum absolute atomic E-state index is 0.122. The molecule has 0 heterocycles. The Kier molecular flexibility index (Phi) is 5.34. The molecule has 0 bridgehead atoms. The second-order valence-electron chi connectivity index (χ2n) is 3.23. The summed E-state index contributed by atoms with van der Waals surface area (Å²) in [5.74, 6) is -1.73. The monoisotopic (exact) mass is 307 g/mol. The van der Waals surface area contributed by atoms with Gasteiger partial charge in [-0.15, -0.1) is 0 Å². The van der Waals surface area contributed by atoms with Crippen molar-refractivity contribution >= 4 is 27.6 Å². The molecule has 94 valence electrons. The van der Waals surface area contributed by atoms with Crippen LogP contribution in [0.1, 0.15) is 13.3 Å². The molecule has 0 aliphatic heterocycles. The van der Waals surface area contributed by atoms with Gasteiger partial charge in [-0.1, -0.05) is 0 Å². The third-order valence-electron chi connectivity index (χ3n) is 1.94. The number of carbonyl (C=O) groups excluding carboxylic acids is 1. The van der Waals surface area contributed by atoms with Crippen molar-refractivity contribution in [1.82, 2.24) is 0 Å². The highest BCUT2D eigenvalue weighted by Gasteiger charge is 2.09. The maximum atomic E-state index is 13.3. The average Bonchev–Trinajstić information content (AvgIpc) is 2.22. The lowest BCUT2D eigenvalue weighted by atomic mass is 10.3. The van der Waals surface area contributed by atoms with E-state index in [2.05, 4.69) is 21.2 Å². The van der Waals surface area contributed by atoms with Crippen molar-refractivity contribution in [3.05, 3.63) is 28.2 Å². The van der Waals surface area contributed by atoms with E-state index in [1.54, 1.807) is 6.92 Å². The van der Waals surface area contributed by atoms with Gasteiger partial charge in [-0.2, -0.15) is 0 Å². The van der Waals surface area contributed by atoms with Crippen molar-refractivity contribution in [2.75, 3.05) is 18.5 Å². The molecule has 0 unspecified atom stereocenters. The zero-order valence-corrected chi connectivity index (χ0v) is 10.8. The molecule has 0 aliphatic carbocycles. The predicted molar refractivity (Wildman–Crippen MR) is 63.8 cm³/mol. The van der Waals surface area contributed by atoms with Crippen LogP contribution < -0.4 is 5.32 Å². The fraction of sp³-hybridized carbons (Fsp3) is 0.364. The number of carbonyl (C=O) groups is 1. The summed E-state index contributed by atoms with van der Waals surface area (Å²) in [6.45, 7) is 2.25. The molecule has 1 N–H and O–H groups in total. The second-order valence-corrected chi connectivity index (χ2v) is 4.08. The Bertz CT molecular complexity index is 389. The molecule has 0 radical (unpaired) electrons. The van der Waals surface area contributed by atoms with Gasteiger partial charge in [-0.05, 0) is 28.9 Å². The largest absolute Gasteiger partial charge is 0.466 e. The smallest absolute Gasteiger partial charge is 0.307 e. The molecular weight excluding hydrogens is 296 g/mol. The van der Waals surface area contributed by atoms with Gasteiger partial charge in [-0.3, -0.25) is 4.79 Å². The van der Waals surface area contributed by atoms with E-state index in [4.69, 9.17) is 4.74 Å². The van der Waals surface area contributed by atoms with Crippen LogP contribution in [0.2, 0.25) is 0 Å². The van der Waals surface area contributed by atoms with Crippen molar-refractivity contribution in [3.8, 4) is 0 Å². The Balaban J connectivity index is 2.55. The summed E-state index contributed by atoms with van der Waals surface area (Å²) in [5, 5.41) is 2.71. The van der Waals surface area contributed by atoms with Crippen LogP contribution in [0.15, 0.2) is 16.6 Å². The summed E-state index contributed by atoms with van der Waals surface area (Å²) in [6.07, 6.45) is 0.122. The lowest BCUT2D eigenvalue weighted by molar-refractivity contribution is -0.142. The fourth-order valence-corrected chi connectivity index (χ4v) is 1.78. The summed E-state index contributed by atoms with van der Waals surface area (Å²) in [6, 6.07) is 1.92. The molecule has 0 saturated carbocycles. The predicted octanol–water partition coefficient (Wildman–Crippen LogP) is 3.09. The number of rotatable bonds is 5. The molecule has 0 saturated heterocycles. The lowest BCUT2D eigenvalue weighted by Gasteiger charge is -2.09. The van der Waals surface area contributed by atoms with E-state index in [9.17, 15) is 13.6 Å². The number of hydrogen-bond donors (Lipinski definition) is 1. The van der Waals surface area contributed by atoms with Crippen LogP contribution in [0.25, 0.3) is 0 Å². The molecule has 1 rings (SSSR count). The first-order valence-electron chi connectivity index (χ1n) is 5.08. The maximum Gasteiger partial charge on any atom is 0.307 e. The first-order chi connectivity index (χ1) is 8.04. The topological polar surface area (TPSA) is 38.3 Å². The first-order valence-corrected chi connectivity index (χ1v) is 5.88. The Morgan fingerprint density at radius 1 is 1.47 bits per heavy atom. The number of esters is 1. The van der Waals surface area contributed by atoms with Crippen molar-refractivity contribution < 1.29 is 18.3 Å². The van der Waals surface area contributed by atoms with E-state index in [0.717, 1.165) is 12.1 Å². The normalized spacial score (nSPS) is 10.1. The number of hydrogen-bond acceptors (Lipinski definition) is 3. The summed E-state index contributed by atoms with van der Waals surface area (Å²) in [7, 11) is 0. The van der Waals surface area contributed by atoms with Crippen LogP contribution in [-0.4, -0.2) is 19.1 Å². The molecule has 1 aromatic carbocycles. The molecule has 0 amide bonds. The standard InChI is InChI=1S/C11H12BrF2NO2/c1-2-17-10(16)3-4-15-11-8(12)5-7(13)6-9(11)14/h5-6,15H,2-4H2,1H3. The van der Waals surface area contributed by atoms with Gasteiger partial charge in [0.05, 0.1) is 18.7 Å². The number of halogens is 3. The van der Waals surface area contributed by atoms with Crippen LogP contribution in [0.3, 0.4) is 0 Å². The fourth-order valence-electron chi connectivity index (χ4n) is 1.23. The number of nitrogens with one attached hydrogen (secondary N) is 1. The van der Waals surface area contributed by atoms with Gasteiger partial charge in [0.1, 0.15) is 11.6 Å². The molecule has 0 aliphatic rings. The molecule has 1 aromatic rings. The molecule has 6 heteroatoms. The Morgan fingerprint density at radius 2 is 2.18 bits per heavy atom. The number of benzene rings is 1. The van der Waals surface area contributed by atoms with Gasteiger partial charge in [-0.25, -0.2) is 8.78 Å². The van der Waals surface area contributed by atoms with Crippen LogP contribution in [0.5, 0.6) is 0 Å². The average molecular weight is 308 g/mol. The second kappa shape index (κ2) is 6.54. The van der Waals surface area contributed by atoms with Crippen LogP contribution in [0, 0.1) is 11.6 Å². The maximum absolute atomic E-state index is 13.3. The summed E-state index contributed by atoms with van der Waals surface area (Å²) < 4.78 is 31.1. The zero-order chi connectivity index (χ0) is 12.8. The third kappa shape index (κ3) is 4.30. The molecule has 0 spiro atoms.